The summed E-state index contributed by atoms with van der Waals surface area (Å²) in [5, 5.41) is 6.72. The molecule has 0 saturated heterocycles. The molecule has 0 saturated carbocycles. The summed E-state index contributed by atoms with van der Waals surface area (Å²) in [4.78, 5) is 3.67. The molecule has 0 fully saturated rings. The number of hydrogen-bond donors (Lipinski definition) is 2. The van der Waals surface area contributed by atoms with E-state index in [2.05, 4.69) is 4.99 Å². The Kier molecular flexibility index (Phi) is 2.84. The van der Waals surface area contributed by atoms with Gasteiger partial charge in [-0.25, -0.2) is 4.99 Å². The molecule has 0 aliphatic rings. The summed E-state index contributed by atoms with van der Waals surface area (Å²) in [6.45, 7) is 3.82. The van der Waals surface area contributed by atoms with Crippen molar-refractivity contribution in [1.29, 1.82) is 5.41 Å². The number of nitrogens with one attached hydrogen (secondary N) is 1. The molecule has 0 aliphatic heterocycles. The van der Waals surface area contributed by atoms with Gasteiger partial charge in [0.2, 0.25) is 5.96 Å². The van der Waals surface area contributed by atoms with E-state index in [1.807, 2.05) is 13.8 Å². The first-order chi connectivity index (χ1) is 3.66. The number of nitrogens with two attached hydrogens (primary N) is 1. The maximum atomic E-state index is 6.72. The molecule has 3 heteroatoms. The van der Waals surface area contributed by atoms with Crippen LogP contribution in [0.3, 0.4) is 0 Å². The number of nitrogens with zero attached hydrogens (tertiary/aromatic N) is 1. The molecule has 3 nitrogen and oxygen atoms in total. The summed E-state index contributed by atoms with van der Waals surface area (Å²) in [7, 11) is 0. The van der Waals surface area contributed by atoms with Crippen LogP contribution in [0.2, 0.25) is 0 Å². The minimum atomic E-state index is -0.107. The molecular weight excluding hydrogens is 102 g/mol. The molecule has 3 N–H and O–H groups in total. The van der Waals surface area contributed by atoms with Gasteiger partial charge in [0.25, 0.3) is 0 Å². The molecule has 0 aromatic heterocycles. The van der Waals surface area contributed by atoms with Gasteiger partial charge in [-0.3, -0.25) is 5.41 Å². The topological polar surface area (TPSA) is 62.2 Å². The van der Waals surface area contributed by atoms with Crippen LogP contribution in [0.1, 0.15) is 20.3 Å². The predicted molar refractivity (Wildman–Crippen MR) is 35.3 cm³/mol. The lowest BCUT2D eigenvalue weighted by atomic mass is 10.3. The second-order valence-electron chi connectivity index (χ2n) is 1.59. The Morgan fingerprint density at radius 3 is 2.38 bits per heavy atom. The van der Waals surface area contributed by atoms with Crippen molar-refractivity contribution in [2.75, 3.05) is 0 Å². The van der Waals surface area contributed by atoms with Gasteiger partial charge in [0.1, 0.15) is 0 Å². The lowest BCUT2D eigenvalue weighted by Gasteiger charge is -1.89. The number of rotatable bonds is 1. The van der Waals surface area contributed by atoms with E-state index in [9.17, 15) is 0 Å². The van der Waals surface area contributed by atoms with Gasteiger partial charge >= 0.3 is 0 Å². The zero-order chi connectivity index (χ0) is 6.57. The number of guanidine groups is 1. The minimum absolute atomic E-state index is 0.107. The SMILES string of the molecule is CC/C(C)=N/C(=N)N. The van der Waals surface area contributed by atoms with Crippen molar-refractivity contribution in [2.24, 2.45) is 10.7 Å². The molecule has 0 radical (unpaired) electrons. The molecule has 0 atom stereocenters. The quantitative estimate of drug-likeness (QED) is 0.382. The lowest BCUT2D eigenvalue weighted by molar-refractivity contribution is 1.25. The van der Waals surface area contributed by atoms with E-state index in [0.29, 0.717) is 0 Å². The van der Waals surface area contributed by atoms with E-state index in [4.69, 9.17) is 11.1 Å². The van der Waals surface area contributed by atoms with Gasteiger partial charge < -0.3 is 5.73 Å². The molecule has 0 aromatic rings. The highest BCUT2D eigenvalue weighted by atomic mass is 15.0. The Morgan fingerprint density at radius 1 is 1.75 bits per heavy atom. The average Bonchev–Trinajstić information content (AvgIpc) is 1.65. The average molecular weight is 113 g/mol. The van der Waals surface area contributed by atoms with E-state index in [1.54, 1.807) is 0 Å². The minimum Gasteiger partial charge on any atom is -0.368 e. The molecular formula is C5H11N3. The second kappa shape index (κ2) is 3.18. The number of aliphatic imine (C=N–C) groups is 1. The molecule has 0 amide bonds. The van der Waals surface area contributed by atoms with Gasteiger partial charge in [-0.05, 0) is 13.3 Å². The fourth-order valence-electron chi connectivity index (χ4n) is 0.285. The smallest absolute Gasteiger partial charge is 0.212 e. The van der Waals surface area contributed by atoms with Gasteiger partial charge in [-0.15, -0.1) is 0 Å². The van der Waals surface area contributed by atoms with Crippen LogP contribution in [0.15, 0.2) is 4.99 Å². The maximum absolute atomic E-state index is 6.72. The van der Waals surface area contributed by atoms with Crippen molar-refractivity contribution < 1.29 is 0 Å². The molecule has 0 aliphatic carbocycles. The van der Waals surface area contributed by atoms with Gasteiger partial charge in [0.05, 0.1) is 0 Å². The zero-order valence-corrected chi connectivity index (χ0v) is 5.23. The Bertz CT molecular complexity index is 115. The van der Waals surface area contributed by atoms with E-state index >= 15 is 0 Å². The Morgan fingerprint density at radius 2 is 2.25 bits per heavy atom. The van der Waals surface area contributed by atoms with E-state index in [0.717, 1.165) is 12.1 Å². The summed E-state index contributed by atoms with van der Waals surface area (Å²) < 4.78 is 0. The van der Waals surface area contributed by atoms with Crippen LogP contribution in [0, 0.1) is 5.41 Å². The molecule has 0 bridgehead atoms. The third-order valence-electron chi connectivity index (χ3n) is 0.823. The van der Waals surface area contributed by atoms with Crippen LogP contribution in [-0.4, -0.2) is 11.7 Å². The standard InChI is InChI=1S/C5H11N3/c1-3-4(2)8-5(6)7/h3H2,1-2H3,(H3,6,7)/b8-4+. The summed E-state index contributed by atoms with van der Waals surface area (Å²) >= 11 is 0. The Labute approximate surface area is 49.1 Å². The predicted octanol–water partition coefficient (Wildman–Crippen LogP) is 0.751. The fraction of sp³-hybridized carbons (Fsp3) is 0.600. The molecule has 8 heavy (non-hydrogen) atoms. The van der Waals surface area contributed by atoms with Crippen molar-refractivity contribution in [2.45, 2.75) is 20.3 Å². The van der Waals surface area contributed by atoms with E-state index in [1.165, 1.54) is 0 Å². The molecule has 0 rings (SSSR count). The summed E-state index contributed by atoms with van der Waals surface area (Å²) in [6, 6.07) is 0. The monoisotopic (exact) mass is 113 g/mol. The lowest BCUT2D eigenvalue weighted by Crippen LogP contribution is -2.07. The highest BCUT2D eigenvalue weighted by Crippen LogP contribution is 1.81. The van der Waals surface area contributed by atoms with Crippen LogP contribution < -0.4 is 5.73 Å². The van der Waals surface area contributed by atoms with Gasteiger partial charge in [-0.1, -0.05) is 6.92 Å². The van der Waals surface area contributed by atoms with E-state index in [-0.39, 0.29) is 5.96 Å². The van der Waals surface area contributed by atoms with Crippen molar-refractivity contribution in [3.05, 3.63) is 0 Å². The first kappa shape index (κ1) is 7.14. The normalized spacial score (nSPS) is 11.5. The summed E-state index contributed by atoms with van der Waals surface area (Å²) in [5.74, 6) is -0.107. The maximum Gasteiger partial charge on any atom is 0.212 e. The summed E-state index contributed by atoms with van der Waals surface area (Å²) in [6.07, 6.45) is 0.861. The highest BCUT2D eigenvalue weighted by molar-refractivity contribution is 5.93. The van der Waals surface area contributed by atoms with Gasteiger partial charge in [0.15, 0.2) is 0 Å². The van der Waals surface area contributed by atoms with Crippen LogP contribution >= 0.6 is 0 Å². The third kappa shape index (κ3) is 3.33. The van der Waals surface area contributed by atoms with Crippen molar-refractivity contribution >= 4 is 11.7 Å². The van der Waals surface area contributed by atoms with E-state index < -0.39 is 0 Å². The number of hydrogen-bond acceptors (Lipinski definition) is 1. The second-order valence-corrected chi connectivity index (χ2v) is 1.59. The van der Waals surface area contributed by atoms with Gasteiger partial charge in [0, 0.05) is 5.71 Å². The molecule has 0 heterocycles. The molecule has 46 valence electrons. The third-order valence-corrected chi connectivity index (χ3v) is 0.823. The van der Waals surface area contributed by atoms with Crippen LogP contribution in [-0.2, 0) is 0 Å². The van der Waals surface area contributed by atoms with Crippen LogP contribution in [0.4, 0.5) is 0 Å². The fourth-order valence-corrected chi connectivity index (χ4v) is 0.285. The van der Waals surface area contributed by atoms with Crippen LogP contribution in [0.5, 0.6) is 0 Å². The summed E-state index contributed by atoms with van der Waals surface area (Å²) in [5.41, 5.74) is 5.87. The first-order valence-electron chi connectivity index (χ1n) is 2.55. The first-order valence-corrected chi connectivity index (χ1v) is 2.55. The van der Waals surface area contributed by atoms with Crippen LogP contribution in [0.25, 0.3) is 0 Å². The molecule has 0 spiro atoms. The molecule has 0 aromatic carbocycles. The van der Waals surface area contributed by atoms with Gasteiger partial charge in [-0.2, -0.15) is 0 Å². The van der Waals surface area contributed by atoms with Crippen molar-refractivity contribution in [3.63, 3.8) is 0 Å². The zero-order valence-electron chi connectivity index (χ0n) is 5.23. The molecule has 0 unspecified atom stereocenters. The largest absolute Gasteiger partial charge is 0.368 e. The Hall–Kier alpha value is -0.860. The van der Waals surface area contributed by atoms with Crippen molar-refractivity contribution in [3.8, 4) is 0 Å². The highest BCUT2D eigenvalue weighted by Gasteiger charge is 1.83. The van der Waals surface area contributed by atoms with Crippen molar-refractivity contribution in [1.82, 2.24) is 0 Å². The Balaban J connectivity index is 3.75.